The molecule has 23 heavy (non-hydrogen) atoms. The first-order valence-corrected chi connectivity index (χ1v) is 11.7. The van der Waals surface area contributed by atoms with Crippen LogP contribution >= 0.6 is 0 Å². The van der Waals surface area contributed by atoms with E-state index in [2.05, 4.69) is 26.1 Å². The van der Waals surface area contributed by atoms with Crippen LogP contribution in [-0.2, 0) is 13.3 Å². The summed E-state index contributed by atoms with van der Waals surface area (Å²) < 4.78 is 18.4. The van der Waals surface area contributed by atoms with Crippen LogP contribution in [0.1, 0.15) is 78.6 Å². The third-order valence-electron chi connectivity index (χ3n) is 3.74. The summed E-state index contributed by atoms with van der Waals surface area (Å²) in [6.45, 7) is 9.82. The first-order valence-electron chi connectivity index (χ1n) is 9.81. The molecule has 0 saturated carbocycles. The maximum Gasteiger partial charge on any atom is 0.500 e. The van der Waals surface area contributed by atoms with E-state index in [0.29, 0.717) is 0 Å². The average Bonchev–Trinajstić information content (AvgIpc) is 2.58. The van der Waals surface area contributed by atoms with Crippen LogP contribution in [0.5, 0.6) is 0 Å². The molecule has 0 spiro atoms. The topological polar surface area (TPSA) is 39.7 Å². The predicted octanol–water partition coefficient (Wildman–Crippen LogP) is 4.77. The molecule has 0 aliphatic carbocycles. The molecule has 0 bridgehead atoms. The lowest BCUT2D eigenvalue weighted by Crippen LogP contribution is -2.46. The zero-order chi connectivity index (χ0) is 17.2. The van der Waals surface area contributed by atoms with Crippen molar-refractivity contribution in [2.75, 3.05) is 33.4 Å². The minimum atomic E-state index is -2.45. The molecule has 0 aromatic heterocycles. The highest BCUT2D eigenvalue weighted by atomic mass is 28.4. The van der Waals surface area contributed by atoms with Crippen LogP contribution < -0.4 is 5.32 Å². The van der Waals surface area contributed by atoms with Crippen molar-refractivity contribution in [1.82, 2.24) is 5.32 Å². The number of nitrogens with one attached hydrogen (secondary N) is 1. The fraction of sp³-hybridized carbons (Fsp3) is 1.00. The van der Waals surface area contributed by atoms with Crippen molar-refractivity contribution in [3.63, 3.8) is 0 Å². The van der Waals surface area contributed by atoms with E-state index in [1.165, 1.54) is 32.1 Å². The van der Waals surface area contributed by atoms with Crippen LogP contribution in [0.25, 0.3) is 0 Å². The van der Waals surface area contributed by atoms with Gasteiger partial charge in [-0.15, -0.1) is 0 Å². The van der Waals surface area contributed by atoms with Gasteiger partial charge in [-0.3, -0.25) is 0 Å². The van der Waals surface area contributed by atoms with Crippen LogP contribution in [0.4, 0.5) is 0 Å². The molecular formula is C18H41NO3Si. The molecule has 0 aromatic rings. The van der Waals surface area contributed by atoms with Crippen molar-refractivity contribution in [2.45, 2.75) is 84.6 Å². The summed E-state index contributed by atoms with van der Waals surface area (Å²) in [5, 5.41) is 3.20. The summed E-state index contributed by atoms with van der Waals surface area (Å²) >= 11 is 0. The highest BCUT2D eigenvalue weighted by Crippen LogP contribution is 2.21. The van der Waals surface area contributed by atoms with Crippen LogP contribution in [-0.4, -0.2) is 42.2 Å². The number of unbranched alkanes of at least 4 members (excludes halogenated alkanes) is 5. The van der Waals surface area contributed by atoms with Crippen molar-refractivity contribution in [1.29, 1.82) is 0 Å². The van der Waals surface area contributed by atoms with Gasteiger partial charge in [0.05, 0.1) is 0 Å². The van der Waals surface area contributed by atoms with Gasteiger partial charge in [0.25, 0.3) is 0 Å². The second-order valence-electron chi connectivity index (χ2n) is 6.20. The summed E-state index contributed by atoms with van der Waals surface area (Å²) in [7, 11) is -0.429. The first kappa shape index (κ1) is 23.1. The van der Waals surface area contributed by atoms with E-state index in [4.69, 9.17) is 13.3 Å². The highest BCUT2D eigenvalue weighted by molar-refractivity contribution is 6.60. The fourth-order valence-electron chi connectivity index (χ4n) is 2.46. The minimum Gasteiger partial charge on any atom is -0.373 e. The van der Waals surface area contributed by atoms with Gasteiger partial charge in [0.1, 0.15) is 0 Å². The molecular weight excluding hydrogens is 306 g/mol. The molecule has 0 fully saturated rings. The molecule has 0 rings (SSSR count). The lowest BCUT2D eigenvalue weighted by molar-refractivity contribution is 0.0586. The van der Waals surface area contributed by atoms with E-state index in [1.807, 2.05) is 7.05 Å². The standard InChI is InChI=1S/C18H41NO3Si/c1-5-15-20-23(21-16-6-2,22-17-7-3)18-13-11-9-8-10-12-14-19-4/h19H,5-18H2,1-4H3. The number of rotatable bonds is 18. The Labute approximate surface area is 146 Å². The molecule has 0 aromatic carbocycles. The second kappa shape index (κ2) is 16.9. The van der Waals surface area contributed by atoms with Crippen LogP contribution in [0, 0.1) is 0 Å². The van der Waals surface area contributed by atoms with Gasteiger partial charge in [0.15, 0.2) is 0 Å². The van der Waals surface area contributed by atoms with E-state index < -0.39 is 8.80 Å². The van der Waals surface area contributed by atoms with Gasteiger partial charge >= 0.3 is 8.80 Å². The van der Waals surface area contributed by atoms with Gasteiger partial charge in [-0.2, -0.15) is 0 Å². The van der Waals surface area contributed by atoms with Gasteiger partial charge in [-0.05, 0) is 45.7 Å². The molecule has 0 aliphatic heterocycles. The van der Waals surface area contributed by atoms with Gasteiger partial charge in [0.2, 0.25) is 0 Å². The Hall–Kier alpha value is 0.0569. The molecule has 0 amide bonds. The van der Waals surface area contributed by atoms with E-state index in [1.54, 1.807) is 0 Å². The summed E-state index contributed by atoms with van der Waals surface area (Å²) in [6, 6.07) is 0.976. The second-order valence-corrected chi connectivity index (χ2v) is 8.94. The summed E-state index contributed by atoms with van der Waals surface area (Å²) in [6.07, 6.45) is 10.7. The smallest absolute Gasteiger partial charge is 0.373 e. The lowest BCUT2D eigenvalue weighted by atomic mass is 10.1. The Morgan fingerprint density at radius 3 is 1.52 bits per heavy atom. The Morgan fingerprint density at radius 2 is 1.09 bits per heavy atom. The summed E-state index contributed by atoms with van der Waals surface area (Å²) in [5.74, 6) is 0. The monoisotopic (exact) mass is 347 g/mol. The van der Waals surface area contributed by atoms with Gasteiger partial charge in [-0.1, -0.05) is 46.5 Å². The zero-order valence-electron chi connectivity index (χ0n) is 16.1. The molecule has 0 unspecified atom stereocenters. The van der Waals surface area contributed by atoms with E-state index in [-0.39, 0.29) is 0 Å². The van der Waals surface area contributed by atoms with E-state index in [9.17, 15) is 0 Å². The Kier molecular flexibility index (Phi) is 16.9. The molecule has 4 nitrogen and oxygen atoms in total. The lowest BCUT2D eigenvalue weighted by Gasteiger charge is -2.29. The quantitative estimate of drug-likeness (QED) is 0.286. The van der Waals surface area contributed by atoms with Crippen molar-refractivity contribution >= 4 is 8.80 Å². The molecule has 5 heteroatoms. The minimum absolute atomic E-state index is 0.754. The molecule has 0 heterocycles. The van der Waals surface area contributed by atoms with Gasteiger partial charge in [-0.25, -0.2) is 0 Å². The van der Waals surface area contributed by atoms with Gasteiger partial charge < -0.3 is 18.6 Å². The molecule has 0 radical (unpaired) electrons. The normalized spacial score (nSPS) is 12.0. The van der Waals surface area contributed by atoms with Crippen LogP contribution in [0.3, 0.4) is 0 Å². The Balaban J connectivity index is 4.14. The third kappa shape index (κ3) is 13.1. The zero-order valence-corrected chi connectivity index (χ0v) is 17.1. The maximum absolute atomic E-state index is 6.13. The highest BCUT2D eigenvalue weighted by Gasteiger charge is 2.40. The largest absolute Gasteiger partial charge is 0.500 e. The van der Waals surface area contributed by atoms with Crippen LogP contribution in [0.2, 0.25) is 6.04 Å². The average molecular weight is 348 g/mol. The Bertz CT molecular complexity index is 221. The van der Waals surface area contributed by atoms with Crippen LogP contribution in [0.15, 0.2) is 0 Å². The van der Waals surface area contributed by atoms with Crippen molar-refractivity contribution in [3.8, 4) is 0 Å². The SMILES string of the molecule is CCCO[Si](CCCCCCCCNC)(OCCC)OCCC. The number of hydrogen-bond acceptors (Lipinski definition) is 4. The van der Waals surface area contributed by atoms with E-state index in [0.717, 1.165) is 58.1 Å². The first-order chi connectivity index (χ1) is 11.2. The molecule has 140 valence electrons. The maximum atomic E-state index is 6.13. The van der Waals surface area contributed by atoms with Crippen molar-refractivity contribution in [2.24, 2.45) is 0 Å². The summed E-state index contributed by atoms with van der Waals surface area (Å²) in [4.78, 5) is 0. The third-order valence-corrected chi connectivity index (χ3v) is 6.64. The van der Waals surface area contributed by atoms with E-state index >= 15 is 0 Å². The van der Waals surface area contributed by atoms with Gasteiger partial charge in [0, 0.05) is 25.9 Å². The molecule has 1 N–H and O–H groups in total. The molecule has 0 saturated heterocycles. The number of hydrogen-bond donors (Lipinski definition) is 1. The molecule has 0 aliphatic rings. The summed E-state index contributed by atoms with van der Waals surface area (Å²) in [5.41, 5.74) is 0. The van der Waals surface area contributed by atoms with Crippen molar-refractivity contribution in [3.05, 3.63) is 0 Å². The van der Waals surface area contributed by atoms with Crippen molar-refractivity contribution < 1.29 is 13.3 Å². The Morgan fingerprint density at radius 1 is 0.652 bits per heavy atom. The predicted molar refractivity (Wildman–Crippen MR) is 101 cm³/mol. The molecule has 0 atom stereocenters. The fourth-order valence-corrected chi connectivity index (χ4v) is 5.38.